The van der Waals surface area contributed by atoms with Crippen molar-refractivity contribution in [1.29, 1.82) is 0 Å². The van der Waals surface area contributed by atoms with Crippen LogP contribution in [0.3, 0.4) is 0 Å². The number of anilines is 1. The molecule has 0 unspecified atom stereocenters. The number of hydrogen-bond acceptors (Lipinski definition) is 1. The van der Waals surface area contributed by atoms with Crippen molar-refractivity contribution in [1.82, 2.24) is 0 Å². The normalized spacial score (nSPS) is 10.6. The molecule has 1 nitrogen and oxygen atoms in total. The maximum atomic E-state index is 5.85. The Morgan fingerprint density at radius 3 is 2.36 bits per heavy atom. The van der Waals surface area contributed by atoms with E-state index in [0.29, 0.717) is 10.7 Å². The Hall–Kier alpha value is -1.13. The first-order chi connectivity index (χ1) is 6.37. The molecule has 0 radical (unpaired) electrons. The highest BCUT2D eigenvalue weighted by atomic mass is 35.5. The molecule has 0 atom stereocenters. The van der Waals surface area contributed by atoms with E-state index in [1.807, 2.05) is 12.1 Å². The Balaban J connectivity index is 3.02. The van der Waals surface area contributed by atoms with Gasteiger partial charge >= 0.3 is 0 Å². The van der Waals surface area contributed by atoms with Crippen LogP contribution in [0.5, 0.6) is 0 Å². The minimum absolute atomic E-state index is 0.00290. The summed E-state index contributed by atoms with van der Waals surface area (Å²) in [4.78, 5) is 0. The van der Waals surface area contributed by atoms with E-state index in [1.165, 1.54) is 0 Å². The van der Waals surface area contributed by atoms with E-state index in [9.17, 15) is 0 Å². The smallest absolute Gasteiger partial charge is 0.0438 e. The predicted molar refractivity (Wildman–Crippen MR) is 62.2 cm³/mol. The zero-order valence-corrected chi connectivity index (χ0v) is 9.44. The molecule has 0 saturated carbocycles. The van der Waals surface area contributed by atoms with Gasteiger partial charge in [-0.1, -0.05) is 23.4 Å². The van der Waals surface area contributed by atoms with Crippen molar-refractivity contribution >= 4 is 17.3 Å². The van der Waals surface area contributed by atoms with Gasteiger partial charge in [0, 0.05) is 21.7 Å². The summed E-state index contributed by atoms with van der Waals surface area (Å²) < 4.78 is 0. The Morgan fingerprint density at radius 1 is 1.21 bits per heavy atom. The Bertz CT molecular complexity index is 371. The van der Waals surface area contributed by atoms with Crippen molar-refractivity contribution in [2.45, 2.75) is 20.8 Å². The van der Waals surface area contributed by atoms with Gasteiger partial charge in [-0.2, -0.15) is 0 Å². The van der Waals surface area contributed by atoms with Crippen LogP contribution in [0.4, 0.5) is 5.69 Å². The zero-order chi connectivity index (χ0) is 10.8. The van der Waals surface area contributed by atoms with Gasteiger partial charge in [0.25, 0.3) is 0 Å². The van der Waals surface area contributed by atoms with Gasteiger partial charge in [0.1, 0.15) is 0 Å². The number of nitrogen functional groups attached to an aromatic ring is 1. The molecule has 1 aromatic carbocycles. The first kappa shape index (κ1) is 10.9. The summed E-state index contributed by atoms with van der Waals surface area (Å²) in [5, 5.41) is 0.628. The second kappa shape index (κ2) is 3.94. The third-order valence-electron chi connectivity index (χ3n) is 1.50. The average Bonchev–Trinajstić information content (AvgIpc) is 1.97. The summed E-state index contributed by atoms with van der Waals surface area (Å²) in [6.07, 6.45) is 0. The highest BCUT2D eigenvalue weighted by Crippen LogP contribution is 2.17. The van der Waals surface area contributed by atoms with Gasteiger partial charge < -0.3 is 5.73 Å². The predicted octanol–water partition coefficient (Wildman–Crippen LogP) is 3.32. The summed E-state index contributed by atoms with van der Waals surface area (Å²) in [5.41, 5.74) is 7.16. The van der Waals surface area contributed by atoms with Gasteiger partial charge in [-0.05, 0) is 39.0 Å². The van der Waals surface area contributed by atoms with Gasteiger partial charge in [0.2, 0.25) is 0 Å². The first-order valence-electron chi connectivity index (χ1n) is 4.46. The molecule has 0 aliphatic rings. The van der Waals surface area contributed by atoms with Crippen LogP contribution in [0.1, 0.15) is 26.3 Å². The second-order valence-electron chi connectivity index (χ2n) is 4.27. The van der Waals surface area contributed by atoms with Crippen LogP contribution in [-0.4, -0.2) is 0 Å². The molecule has 1 aromatic rings. The number of benzene rings is 1. The Kier molecular flexibility index (Phi) is 3.08. The SMILES string of the molecule is CC(C)(C)C#Cc1cc(N)cc(Cl)c1. The monoisotopic (exact) mass is 207 g/mol. The molecule has 74 valence electrons. The van der Waals surface area contributed by atoms with Gasteiger partial charge in [0.15, 0.2) is 0 Å². The van der Waals surface area contributed by atoms with E-state index in [4.69, 9.17) is 17.3 Å². The first-order valence-corrected chi connectivity index (χ1v) is 4.84. The lowest BCUT2D eigenvalue weighted by Gasteiger charge is -2.06. The van der Waals surface area contributed by atoms with E-state index in [1.54, 1.807) is 6.07 Å². The lowest BCUT2D eigenvalue weighted by Crippen LogP contribution is -1.99. The maximum absolute atomic E-state index is 5.85. The third-order valence-corrected chi connectivity index (χ3v) is 1.72. The van der Waals surface area contributed by atoms with Gasteiger partial charge in [0.05, 0.1) is 0 Å². The number of nitrogens with two attached hydrogens (primary N) is 1. The second-order valence-corrected chi connectivity index (χ2v) is 4.71. The quantitative estimate of drug-likeness (QED) is 0.513. The Morgan fingerprint density at radius 2 is 1.86 bits per heavy atom. The lowest BCUT2D eigenvalue weighted by molar-refractivity contribution is 0.571. The summed E-state index contributed by atoms with van der Waals surface area (Å²) in [7, 11) is 0. The fraction of sp³-hybridized carbons (Fsp3) is 0.333. The van der Waals surface area contributed by atoms with E-state index >= 15 is 0 Å². The van der Waals surface area contributed by atoms with Crippen LogP contribution in [-0.2, 0) is 0 Å². The molecule has 0 heterocycles. The standard InChI is InChI=1S/C12H14ClN/c1-12(2,3)5-4-9-6-10(13)8-11(14)7-9/h6-8H,14H2,1-3H3. The van der Waals surface area contributed by atoms with Crippen LogP contribution >= 0.6 is 11.6 Å². The van der Waals surface area contributed by atoms with E-state index in [2.05, 4.69) is 32.6 Å². The maximum Gasteiger partial charge on any atom is 0.0438 e. The minimum atomic E-state index is -0.00290. The van der Waals surface area contributed by atoms with Crippen LogP contribution in [0, 0.1) is 17.3 Å². The summed E-state index contributed by atoms with van der Waals surface area (Å²) in [6.45, 7) is 6.19. The molecule has 0 aliphatic carbocycles. The molecule has 0 amide bonds. The van der Waals surface area contributed by atoms with Crippen LogP contribution < -0.4 is 5.73 Å². The largest absolute Gasteiger partial charge is 0.399 e. The molecule has 0 spiro atoms. The van der Waals surface area contributed by atoms with Crippen molar-refractivity contribution < 1.29 is 0 Å². The molecular formula is C12H14ClN. The molecule has 0 bridgehead atoms. The van der Waals surface area contributed by atoms with Crippen molar-refractivity contribution in [3.63, 3.8) is 0 Å². The highest BCUT2D eigenvalue weighted by Gasteiger charge is 2.03. The molecular weight excluding hydrogens is 194 g/mol. The van der Waals surface area contributed by atoms with Crippen LogP contribution in [0.2, 0.25) is 5.02 Å². The number of rotatable bonds is 0. The van der Waals surface area contributed by atoms with E-state index in [-0.39, 0.29) is 5.41 Å². The van der Waals surface area contributed by atoms with Crippen LogP contribution in [0.25, 0.3) is 0 Å². The minimum Gasteiger partial charge on any atom is -0.399 e. The summed E-state index contributed by atoms with van der Waals surface area (Å²) in [6, 6.07) is 5.35. The fourth-order valence-electron chi connectivity index (χ4n) is 0.944. The van der Waals surface area contributed by atoms with Gasteiger partial charge in [-0.3, -0.25) is 0 Å². The molecule has 1 rings (SSSR count). The molecule has 0 aromatic heterocycles. The molecule has 0 saturated heterocycles. The average molecular weight is 208 g/mol. The molecule has 0 fully saturated rings. The third kappa shape index (κ3) is 3.72. The van der Waals surface area contributed by atoms with Crippen molar-refractivity contribution in [2.75, 3.05) is 5.73 Å². The molecule has 2 heteroatoms. The topological polar surface area (TPSA) is 26.0 Å². The number of halogens is 1. The van der Waals surface area contributed by atoms with Crippen molar-refractivity contribution in [3.8, 4) is 11.8 Å². The zero-order valence-electron chi connectivity index (χ0n) is 8.69. The van der Waals surface area contributed by atoms with Gasteiger partial charge in [-0.25, -0.2) is 0 Å². The fourth-order valence-corrected chi connectivity index (χ4v) is 1.19. The van der Waals surface area contributed by atoms with Crippen molar-refractivity contribution in [2.24, 2.45) is 5.41 Å². The van der Waals surface area contributed by atoms with Crippen molar-refractivity contribution in [3.05, 3.63) is 28.8 Å². The highest BCUT2D eigenvalue weighted by molar-refractivity contribution is 6.30. The van der Waals surface area contributed by atoms with E-state index in [0.717, 1.165) is 5.56 Å². The number of hydrogen-bond donors (Lipinski definition) is 1. The molecule has 2 N–H and O–H groups in total. The summed E-state index contributed by atoms with van der Waals surface area (Å²) in [5.74, 6) is 6.18. The lowest BCUT2D eigenvalue weighted by atomic mass is 9.97. The van der Waals surface area contributed by atoms with E-state index < -0.39 is 0 Å². The summed E-state index contributed by atoms with van der Waals surface area (Å²) >= 11 is 5.85. The molecule has 14 heavy (non-hydrogen) atoms. The van der Waals surface area contributed by atoms with Gasteiger partial charge in [-0.15, -0.1) is 0 Å². The Labute approximate surface area is 90.3 Å². The van der Waals surface area contributed by atoms with Crippen LogP contribution in [0.15, 0.2) is 18.2 Å². The molecule has 0 aliphatic heterocycles.